The first-order chi connectivity index (χ1) is 14.6. The third kappa shape index (κ3) is 2.13. The molecule has 6 rings (SSSR count). The van der Waals surface area contributed by atoms with Crippen LogP contribution in [0.25, 0.3) is 0 Å². The van der Waals surface area contributed by atoms with Crippen LogP contribution in [0.1, 0.15) is 12.0 Å². The molecule has 2 heterocycles. The van der Waals surface area contributed by atoms with E-state index in [2.05, 4.69) is 5.16 Å². The lowest BCUT2D eigenvalue weighted by Gasteiger charge is -2.29. The quantitative estimate of drug-likeness (QED) is 0.445. The molecule has 2 aliphatic heterocycles. The number of anilines is 1. The highest BCUT2D eigenvalue weighted by Crippen LogP contribution is 2.62. The van der Waals surface area contributed by atoms with Gasteiger partial charge in [0.2, 0.25) is 11.8 Å². The van der Waals surface area contributed by atoms with Gasteiger partial charge >= 0.3 is 0 Å². The first kappa shape index (κ1) is 17.3. The fourth-order valence-corrected chi connectivity index (χ4v) is 5.97. The molecule has 8 nitrogen and oxygen atoms in total. The van der Waals surface area contributed by atoms with Crippen LogP contribution in [-0.2, 0) is 14.4 Å². The van der Waals surface area contributed by atoms with Crippen molar-refractivity contribution >= 4 is 28.9 Å². The minimum atomic E-state index is -0.439. The minimum absolute atomic E-state index is 0.0120. The predicted molar refractivity (Wildman–Crippen MR) is 106 cm³/mol. The van der Waals surface area contributed by atoms with Gasteiger partial charge in [0, 0.05) is 29.5 Å². The summed E-state index contributed by atoms with van der Waals surface area (Å²) in [6.07, 6.45) is 0.469. The van der Waals surface area contributed by atoms with E-state index in [1.54, 1.807) is 24.3 Å². The molecule has 0 aromatic heterocycles. The van der Waals surface area contributed by atoms with Gasteiger partial charge < -0.3 is 4.84 Å². The number of carbonyl (C=O) groups is 2. The molecule has 8 heteroatoms. The van der Waals surface area contributed by atoms with E-state index in [0.717, 1.165) is 6.42 Å². The van der Waals surface area contributed by atoms with Crippen LogP contribution < -0.4 is 4.90 Å². The minimum Gasteiger partial charge on any atom is -0.391 e. The number of non-ortho nitro benzene ring substituents is 1. The van der Waals surface area contributed by atoms with E-state index in [0.29, 0.717) is 17.0 Å². The van der Waals surface area contributed by atoms with Crippen molar-refractivity contribution in [3.8, 4) is 0 Å². The lowest BCUT2D eigenvalue weighted by Crippen LogP contribution is -2.41. The van der Waals surface area contributed by atoms with Crippen molar-refractivity contribution in [1.29, 1.82) is 0 Å². The Balaban J connectivity index is 1.35. The molecule has 0 spiro atoms. The van der Waals surface area contributed by atoms with Crippen LogP contribution in [0.2, 0.25) is 0 Å². The molecule has 2 bridgehead atoms. The summed E-state index contributed by atoms with van der Waals surface area (Å²) in [6, 6.07) is 15.3. The van der Waals surface area contributed by atoms with E-state index in [1.165, 1.54) is 17.0 Å². The first-order valence-electron chi connectivity index (χ1n) is 9.97. The molecule has 6 atom stereocenters. The van der Waals surface area contributed by atoms with Gasteiger partial charge in [-0.15, -0.1) is 0 Å². The van der Waals surface area contributed by atoms with Crippen LogP contribution in [0.4, 0.5) is 11.4 Å². The molecule has 2 aromatic rings. The highest BCUT2D eigenvalue weighted by Gasteiger charge is 2.70. The Morgan fingerprint density at radius 1 is 0.967 bits per heavy atom. The van der Waals surface area contributed by atoms with Gasteiger partial charge in [-0.1, -0.05) is 35.5 Å². The molecule has 150 valence electrons. The van der Waals surface area contributed by atoms with Gasteiger partial charge in [-0.2, -0.15) is 0 Å². The molecular weight excluding hydrogens is 386 g/mol. The fourth-order valence-electron chi connectivity index (χ4n) is 5.97. The zero-order chi connectivity index (χ0) is 20.6. The van der Waals surface area contributed by atoms with E-state index < -0.39 is 10.8 Å². The number of hydrogen-bond donors (Lipinski definition) is 0. The van der Waals surface area contributed by atoms with Crippen molar-refractivity contribution in [2.45, 2.75) is 12.5 Å². The molecule has 0 unspecified atom stereocenters. The number of hydrogen-bond acceptors (Lipinski definition) is 6. The van der Waals surface area contributed by atoms with Gasteiger partial charge in [-0.3, -0.25) is 24.6 Å². The number of para-hydroxylation sites is 1. The number of benzene rings is 2. The van der Waals surface area contributed by atoms with Crippen LogP contribution >= 0.6 is 0 Å². The molecule has 3 fully saturated rings. The van der Waals surface area contributed by atoms with Gasteiger partial charge in [0.25, 0.3) is 5.69 Å². The number of oxime groups is 1. The SMILES string of the molecule is O=C1[C@@H]2[C@H]3C[C@@H]([C@@H]4C(c5cccc([N+](=O)[O-])c5)=NO[C@H]34)[C@@H]2C(=O)N1c1ccccc1. The molecule has 2 aliphatic carbocycles. The Hall–Kier alpha value is -3.55. The Labute approximate surface area is 171 Å². The average molecular weight is 403 g/mol. The van der Waals surface area contributed by atoms with Crippen LogP contribution in [-0.4, -0.2) is 28.6 Å². The van der Waals surface area contributed by atoms with Gasteiger partial charge in [-0.05, 0) is 24.5 Å². The maximum absolute atomic E-state index is 13.3. The van der Waals surface area contributed by atoms with Crippen LogP contribution in [0.5, 0.6) is 0 Å². The number of rotatable bonds is 3. The third-order valence-electron chi connectivity index (χ3n) is 7.06. The number of nitrogens with zero attached hydrogens (tertiary/aromatic N) is 3. The van der Waals surface area contributed by atoms with E-state index in [-0.39, 0.29) is 47.3 Å². The third-order valence-corrected chi connectivity index (χ3v) is 7.06. The summed E-state index contributed by atoms with van der Waals surface area (Å²) in [5.74, 6) is -1.36. The summed E-state index contributed by atoms with van der Waals surface area (Å²) in [4.78, 5) is 44.3. The number of amides is 2. The summed E-state index contributed by atoms with van der Waals surface area (Å²) in [6.45, 7) is 0. The summed E-state index contributed by atoms with van der Waals surface area (Å²) >= 11 is 0. The smallest absolute Gasteiger partial charge is 0.270 e. The Morgan fingerprint density at radius 3 is 2.43 bits per heavy atom. The van der Waals surface area contributed by atoms with E-state index in [4.69, 9.17) is 4.84 Å². The summed E-state index contributed by atoms with van der Waals surface area (Å²) in [7, 11) is 0. The second kappa shape index (κ2) is 5.98. The topological polar surface area (TPSA) is 102 Å². The van der Waals surface area contributed by atoms with Crippen molar-refractivity contribution in [3.63, 3.8) is 0 Å². The monoisotopic (exact) mass is 403 g/mol. The molecule has 30 heavy (non-hydrogen) atoms. The normalized spacial score (nSPS) is 33.3. The van der Waals surface area contributed by atoms with Crippen molar-refractivity contribution < 1.29 is 19.3 Å². The standard InChI is InChI=1S/C22H17N3O5/c26-21-16-14-10-15(17(16)22(27)24(21)12-6-2-1-3-7-12)20-18(14)19(23-30-20)11-5-4-8-13(9-11)25(28)29/h1-9,14-18,20H,10H2/t14-,15-,16+,17-,18-,20-/m1/s1. The zero-order valence-electron chi connectivity index (χ0n) is 15.8. The molecular formula is C22H17N3O5. The lowest BCUT2D eigenvalue weighted by atomic mass is 9.71. The Kier molecular flexibility index (Phi) is 3.45. The average Bonchev–Trinajstić information content (AvgIpc) is 3.49. The lowest BCUT2D eigenvalue weighted by molar-refractivity contribution is -0.384. The van der Waals surface area contributed by atoms with Crippen LogP contribution in [0, 0.1) is 39.7 Å². The summed E-state index contributed by atoms with van der Waals surface area (Å²) < 4.78 is 0. The number of fused-ring (bicyclic) bond motifs is 8. The zero-order valence-corrected chi connectivity index (χ0v) is 15.8. The van der Waals surface area contributed by atoms with Crippen LogP contribution in [0.15, 0.2) is 59.8 Å². The molecule has 4 aliphatic rings. The van der Waals surface area contributed by atoms with Gasteiger partial charge in [-0.25, -0.2) is 0 Å². The van der Waals surface area contributed by atoms with Crippen LogP contribution in [0.3, 0.4) is 0 Å². The maximum atomic E-state index is 13.3. The second-order valence-corrected chi connectivity index (χ2v) is 8.34. The van der Waals surface area contributed by atoms with E-state index in [9.17, 15) is 19.7 Å². The molecule has 2 aromatic carbocycles. The molecule has 0 N–H and O–H groups in total. The van der Waals surface area contributed by atoms with Crippen molar-refractivity contribution in [2.24, 2.45) is 34.7 Å². The van der Waals surface area contributed by atoms with Crippen molar-refractivity contribution in [2.75, 3.05) is 4.90 Å². The maximum Gasteiger partial charge on any atom is 0.270 e. The van der Waals surface area contributed by atoms with E-state index in [1.807, 2.05) is 18.2 Å². The fraction of sp³-hybridized carbons (Fsp3) is 0.318. The highest BCUT2D eigenvalue weighted by molar-refractivity contribution is 6.23. The highest BCUT2D eigenvalue weighted by atomic mass is 16.6. The van der Waals surface area contributed by atoms with Gasteiger partial charge in [0.1, 0.15) is 6.10 Å². The van der Waals surface area contributed by atoms with E-state index >= 15 is 0 Å². The molecule has 0 radical (unpaired) electrons. The Bertz CT molecular complexity index is 1130. The summed E-state index contributed by atoms with van der Waals surface area (Å²) in [5, 5.41) is 15.4. The first-order valence-corrected chi connectivity index (χ1v) is 9.97. The predicted octanol–water partition coefficient (Wildman–Crippen LogP) is 2.77. The molecule has 1 saturated heterocycles. The number of nitro benzene ring substituents is 1. The number of nitro groups is 1. The van der Waals surface area contributed by atoms with Crippen molar-refractivity contribution in [1.82, 2.24) is 0 Å². The number of carbonyl (C=O) groups excluding carboxylic acids is 2. The van der Waals surface area contributed by atoms with Gasteiger partial charge in [0.15, 0.2) is 0 Å². The van der Waals surface area contributed by atoms with Gasteiger partial charge in [0.05, 0.1) is 28.2 Å². The second-order valence-electron chi connectivity index (χ2n) is 8.34. The molecule has 2 amide bonds. The Morgan fingerprint density at radius 2 is 1.70 bits per heavy atom. The van der Waals surface area contributed by atoms with Crippen molar-refractivity contribution in [3.05, 3.63) is 70.3 Å². The molecule has 2 saturated carbocycles. The largest absolute Gasteiger partial charge is 0.391 e. The number of imide groups is 1. The summed E-state index contributed by atoms with van der Waals surface area (Å²) in [5.41, 5.74) is 1.87.